The first-order valence-electron chi connectivity index (χ1n) is 13.0. The molecule has 4 N–H and O–H groups in total. The lowest BCUT2D eigenvalue weighted by molar-refractivity contribution is -0.129. The Labute approximate surface area is 225 Å². The van der Waals surface area contributed by atoms with Crippen molar-refractivity contribution in [2.24, 2.45) is 11.7 Å². The van der Waals surface area contributed by atoms with Gasteiger partial charge in [-0.25, -0.2) is 0 Å². The Bertz CT molecular complexity index is 1110. The average Bonchev–Trinajstić information content (AvgIpc) is 2.91. The van der Waals surface area contributed by atoms with Crippen molar-refractivity contribution in [1.82, 2.24) is 10.6 Å². The third-order valence-corrected chi connectivity index (χ3v) is 6.81. The molecule has 3 aromatic rings. The first kappa shape index (κ1) is 28.1. The van der Waals surface area contributed by atoms with E-state index in [4.69, 9.17) is 18.0 Å². The summed E-state index contributed by atoms with van der Waals surface area (Å²) in [6, 6.07) is 30.1. The van der Waals surface area contributed by atoms with E-state index in [1.807, 2.05) is 66.7 Å². The zero-order valence-corrected chi connectivity index (χ0v) is 22.1. The van der Waals surface area contributed by atoms with Gasteiger partial charge in [0.1, 0.15) is 0 Å². The predicted octanol–water partition coefficient (Wildman–Crippen LogP) is 4.78. The number of carbonyl (C=O) groups is 2. The van der Waals surface area contributed by atoms with Crippen LogP contribution in [0.5, 0.6) is 0 Å². The fraction of sp³-hybridized carbons (Fsp3) is 0.323. The highest BCUT2D eigenvalue weighted by Gasteiger charge is 2.25. The first-order valence-corrected chi connectivity index (χ1v) is 13.4. The quantitative estimate of drug-likeness (QED) is 0.201. The summed E-state index contributed by atoms with van der Waals surface area (Å²) in [7, 11) is 0. The summed E-state index contributed by atoms with van der Waals surface area (Å²) in [4.78, 5) is 25.7. The Morgan fingerprint density at radius 3 is 1.81 bits per heavy atom. The molecule has 0 unspecified atom stereocenters. The third kappa shape index (κ3) is 10.6. The average molecular weight is 516 g/mol. The van der Waals surface area contributed by atoms with Crippen LogP contribution < -0.4 is 16.4 Å². The van der Waals surface area contributed by atoms with Gasteiger partial charge in [0.2, 0.25) is 11.8 Å². The molecule has 0 heterocycles. The zero-order chi connectivity index (χ0) is 26.3. The van der Waals surface area contributed by atoms with Crippen LogP contribution in [0.2, 0.25) is 0 Å². The minimum Gasteiger partial charge on any atom is -0.378 e. The van der Waals surface area contributed by atoms with Gasteiger partial charge in [0.25, 0.3) is 0 Å². The summed E-state index contributed by atoms with van der Waals surface area (Å²) in [6.07, 6.45) is 4.70. The van der Waals surface area contributed by atoms with Gasteiger partial charge in [-0.15, -0.1) is 0 Å². The minimum atomic E-state index is -0.486. The van der Waals surface area contributed by atoms with Gasteiger partial charge in [0.05, 0.1) is 11.0 Å². The fourth-order valence-electron chi connectivity index (χ4n) is 4.39. The number of rotatable bonds is 15. The van der Waals surface area contributed by atoms with Gasteiger partial charge in [-0.2, -0.15) is 0 Å². The molecule has 2 amide bonds. The molecule has 0 saturated carbocycles. The van der Waals surface area contributed by atoms with Crippen molar-refractivity contribution in [2.75, 3.05) is 6.54 Å². The van der Waals surface area contributed by atoms with Gasteiger partial charge < -0.3 is 16.4 Å². The van der Waals surface area contributed by atoms with Crippen LogP contribution in [-0.4, -0.2) is 29.4 Å². The molecule has 0 saturated heterocycles. The Kier molecular flexibility index (Phi) is 11.8. The second-order valence-corrected chi connectivity index (χ2v) is 9.82. The molecule has 0 aliphatic rings. The van der Waals surface area contributed by atoms with Crippen LogP contribution in [0.25, 0.3) is 0 Å². The summed E-state index contributed by atoms with van der Waals surface area (Å²) in [6.45, 7) is 0.719. The Hall–Kier alpha value is -3.51. The maximum absolute atomic E-state index is 13.3. The number of primary amides is 1. The van der Waals surface area contributed by atoms with Crippen LogP contribution in [0.3, 0.4) is 0 Å². The number of thiocarbonyl (C=S) groups is 1. The maximum Gasteiger partial charge on any atom is 0.224 e. The number of aryl methyl sites for hydroxylation is 2. The molecule has 0 aliphatic carbocycles. The van der Waals surface area contributed by atoms with Gasteiger partial charge in [0.15, 0.2) is 0 Å². The maximum atomic E-state index is 13.3. The van der Waals surface area contributed by atoms with Gasteiger partial charge in [0, 0.05) is 18.9 Å². The largest absolute Gasteiger partial charge is 0.378 e. The van der Waals surface area contributed by atoms with E-state index < -0.39 is 11.8 Å². The van der Waals surface area contributed by atoms with Gasteiger partial charge in [-0.1, -0.05) is 103 Å². The van der Waals surface area contributed by atoms with Crippen molar-refractivity contribution < 1.29 is 9.59 Å². The lowest BCUT2D eigenvalue weighted by Crippen LogP contribution is -2.49. The molecule has 37 heavy (non-hydrogen) atoms. The highest BCUT2D eigenvalue weighted by Crippen LogP contribution is 2.16. The second kappa shape index (κ2) is 15.6. The summed E-state index contributed by atoms with van der Waals surface area (Å²) in [5.41, 5.74) is 9.08. The Morgan fingerprint density at radius 1 is 0.757 bits per heavy atom. The highest BCUT2D eigenvalue weighted by atomic mass is 32.1. The lowest BCUT2D eigenvalue weighted by atomic mass is 9.94. The monoisotopic (exact) mass is 515 g/mol. The van der Waals surface area contributed by atoms with Gasteiger partial charge >= 0.3 is 0 Å². The summed E-state index contributed by atoms with van der Waals surface area (Å²) < 4.78 is 0. The van der Waals surface area contributed by atoms with E-state index in [0.29, 0.717) is 17.8 Å². The second-order valence-electron chi connectivity index (χ2n) is 9.38. The highest BCUT2D eigenvalue weighted by molar-refractivity contribution is 7.80. The van der Waals surface area contributed by atoms with E-state index in [1.165, 1.54) is 11.1 Å². The van der Waals surface area contributed by atoms with Crippen molar-refractivity contribution in [3.8, 4) is 0 Å². The molecule has 6 heteroatoms. The standard InChI is InChI=1S/C31H37N3O2S/c32-29(35)23-27(20-10-18-24-12-4-1-5-13-24)30(36)34-28(22-26-16-8-3-9-17-26)31(37)33-21-11-19-25-14-6-2-7-15-25/h1-9,12-17,27-28H,10-11,18-23H2,(H2,32,35)(H,33,37)(H,34,36)/t27-,28+/m1/s1. The molecule has 194 valence electrons. The normalized spacial score (nSPS) is 12.3. The SMILES string of the molecule is NC(=O)C[C@@H](CCCc1ccccc1)C(=O)N[C@@H](Cc1ccccc1)C(=S)NCCCc1ccccc1. The van der Waals surface area contributed by atoms with E-state index in [9.17, 15) is 9.59 Å². The van der Waals surface area contributed by atoms with Crippen LogP contribution in [0, 0.1) is 5.92 Å². The van der Waals surface area contributed by atoms with Gasteiger partial charge in [-0.3, -0.25) is 9.59 Å². The van der Waals surface area contributed by atoms with Crippen molar-refractivity contribution in [1.29, 1.82) is 0 Å². The molecule has 3 rings (SSSR count). The van der Waals surface area contributed by atoms with E-state index in [-0.39, 0.29) is 18.4 Å². The number of hydrogen-bond donors (Lipinski definition) is 3. The van der Waals surface area contributed by atoms with Gasteiger partial charge in [-0.05, 0) is 55.2 Å². The molecule has 2 atom stereocenters. The topological polar surface area (TPSA) is 84.2 Å². The number of benzene rings is 3. The first-order chi connectivity index (χ1) is 18.0. The Morgan fingerprint density at radius 2 is 1.27 bits per heavy atom. The molecular formula is C31H37N3O2S. The molecule has 0 spiro atoms. The van der Waals surface area contributed by atoms with Crippen molar-refractivity contribution in [2.45, 2.75) is 51.0 Å². The Balaban J connectivity index is 1.59. The molecule has 0 fully saturated rings. The molecule has 5 nitrogen and oxygen atoms in total. The van der Waals surface area contributed by atoms with Crippen LogP contribution in [0.15, 0.2) is 91.0 Å². The van der Waals surface area contributed by atoms with Crippen molar-refractivity contribution in [3.05, 3.63) is 108 Å². The molecule has 3 aromatic carbocycles. The van der Waals surface area contributed by atoms with E-state index in [1.54, 1.807) is 0 Å². The molecule has 0 aliphatic heterocycles. The fourth-order valence-corrected chi connectivity index (χ4v) is 4.63. The molecule has 0 aromatic heterocycles. The van der Waals surface area contributed by atoms with Crippen molar-refractivity contribution in [3.63, 3.8) is 0 Å². The summed E-state index contributed by atoms with van der Waals surface area (Å²) in [5.74, 6) is -1.14. The number of nitrogens with two attached hydrogens (primary N) is 1. The van der Waals surface area contributed by atoms with Crippen molar-refractivity contribution >= 4 is 29.0 Å². The summed E-state index contributed by atoms with van der Waals surface area (Å²) in [5, 5.41) is 6.48. The lowest BCUT2D eigenvalue weighted by Gasteiger charge is -2.24. The van der Waals surface area contributed by atoms with E-state index >= 15 is 0 Å². The van der Waals surface area contributed by atoms with E-state index in [0.717, 1.165) is 37.8 Å². The van der Waals surface area contributed by atoms with Crippen LogP contribution in [0.4, 0.5) is 0 Å². The number of hydrogen-bond acceptors (Lipinski definition) is 3. The third-order valence-electron chi connectivity index (χ3n) is 6.38. The molecule has 0 bridgehead atoms. The number of carbonyl (C=O) groups excluding carboxylic acids is 2. The zero-order valence-electron chi connectivity index (χ0n) is 21.3. The number of nitrogens with one attached hydrogen (secondary N) is 2. The smallest absolute Gasteiger partial charge is 0.224 e. The number of amides is 2. The van der Waals surface area contributed by atoms with Crippen LogP contribution >= 0.6 is 12.2 Å². The van der Waals surface area contributed by atoms with Crippen LogP contribution in [-0.2, 0) is 28.9 Å². The minimum absolute atomic E-state index is 0.0238. The van der Waals surface area contributed by atoms with Crippen LogP contribution in [0.1, 0.15) is 42.4 Å². The molecular weight excluding hydrogens is 478 g/mol. The predicted molar refractivity (Wildman–Crippen MR) is 154 cm³/mol. The van der Waals surface area contributed by atoms with E-state index in [2.05, 4.69) is 34.9 Å². The summed E-state index contributed by atoms with van der Waals surface area (Å²) >= 11 is 5.73. The molecule has 0 radical (unpaired) electrons.